The Morgan fingerprint density at radius 2 is 1.93 bits per heavy atom. The summed E-state index contributed by atoms with van der Waals surface area (Å²) in [6.07, 6.45) is 0.707. The lowest BCUT2D eigenvalue weighted by molar-refractivity contribution is -0.142. The quantitative estimate of drug-likeness (QED) is 0.371. The molecule has 15 heavy (non-hydrogen) atoms. The van der Waals surface area contributed by atoms with Crippen LogP contribution in [0.15, 0.2) is 0 Å². The van der Waals surface area contributed by atoms with E-state index in [4.69, 9.17) is 21.7 Å². The summed E-state index contributed by atoms with van der Waals surface area (Å²) in [6.45, 7) is 0. The zero-order valence-corrected chi connectivity index (χ0v) is 9.11. The van der Waals surface area contributed by atoms with Gasteiger partial charge in [-0.3, -0.25) is 9.59 Å². The van der Waals surface area contributed by atoms with Crippen molar-refractivity contribution in [3.63, 3.8) is 0 Å². The van der Waals surface area contributed by atoms with Gasteiger partial charge in [-0.15, -0.1) is 0 Å². The fourth-order valence-corrected chi connectivity index (χ4v) is 1.31. The topological polar surface area (TPSA) is 127 Å². The predicted octanol–water partition coefficient (Wildman–Crippen LogP) is -0.719. The minimum Gasteiger partial charge on any atom is -0.480 e. The van der Waals surface area contributed by atoms with Crippen molar-refractivity contribution >= 4 is 24.6 Å². The summed E-state index contributed by atoms with van der Waals surface area (Å²) in [5, 5.41) is 17.3. The summed E-state index contributed by atoms with van der Waals surface area (Å²) in [5.41, 5.74) is 9.39. The van der Waals surface area contributed by atoms with E-state index < -0.39 is 23.5 Å². The summed E-state index contributed by atoms with van der Waals surface area (Å²) in [4.78, 5) is 21.1. The minimum atomic E-state index is -1.40. The van der Waals surface area contributed by atoms with E-state index in [-0.39, 0.29) is 18.6 Å². The van der Waals surface area contributed by atoms with Gasteiger partial charge in [-0.2, -0.15) is 12.6 Å². The molecule has 0 amide bonds. The van der Waals surface area contributed by atoms with Crippen molar-refractivity contribution in [1.29, 1.82) is 0 Å². The molecule has 88 valence electrons. The average molecular weight is 236 g/mol. The molecular formula is C8H16N2O4S. The summed E-state index contributed by atoms with van der Waals surface area (Å²) >= 11 is 3.85. The second kappa shape index (κ2) is 5.94. The fourth-order valence-electron chi connectivity index (χ4n) is 1.01. The van der Waals surface area contributed by atoms with Crippen molar-refractivity contribution in [2.75, 3.05) is 5.75 Å². The Morgan fingerprint density at radius 1 is 1.40 bits per heavy atom. The van der Waals surface area contributed by atoms with Gasteiger partial charge in [0.15, 0.2) is 0 Å². The van der Waals surface area contributed by atoms with Crippen molar-refractivity contribution in [2.45, 2.75) is 30.8 Å². The normalized spacial score (nSPS) is 16.7. The molecule has 0 aromatic heterocycles. The van der Waals surface area contributed by atoms with Crippen LogP contribution in [0.4, 0.5) is 0 Å². The third-order valence-electron chi connectivity index (χ3n) is 2.16. The second-order valence-electron chi connectivity index (χ2n) is 3.46. The molecule has 0 aliphatic heterocycles. The van der Waals surface area contributed by atoms with Crippen LogP contribution in [0.2, 0.25) is 0 Å². The summed E-state index contributed by atoms with van der Waals surface area (Å²) < 4.78 is 0. The SMILES string of the molecule is N[C@@H](CCC[C@](N)(CS)C(=O)O)C(=O)O. The van der Waals surface area contributed by atoms with E-state index in [0.29, 0.717) is 6.42 Å². The first-order valence-corrected chi connectivity index (χ1v) is 5.08. The lowest BCUT2D eigenvalue weighted by atomic mass is 9.95. The summed E-state index contributed by atoms with van der Waals surface area (Å²) in [7, 11) is 0. The number of carboxylic acid groups (broad SMARTS) is 2. The van der Waals surface area contributed by atoms with Crippen LogP contribution >= 0.6 is 12.6 Å². The highest BCUT2D eigenvalue weighted by Crippen LogP contribution is 2.14. The third-order valence-corrected chi connectivity index (χ3v) is 2.73. The molecule has 0 bridgehead atoms. The lowest BCUT2D eigenvalue weighted by Gasteiger charge is -2.22. The van der Waals surface area contributed by atoms with E-state index in [1.165, 1.54) is 0 Å². The molecule has 0 radical (unpaired) electrons. The standard InChI is InChI=1S/C8H16N2O4S/c9-5(6(11)12)2-1-3-8(10,4-15)7(13)14/h5,15H,1-4,9-10H2,(H,11,12)(H,13,14)/t5-,8-/m0/s1. The molecule has 0 fully saturated rings. The highest BCUT2D eigenvalue weighted by Gasteiger charge is 2.32. The molecule has 6 nitrogen and oxygen atoms in total. The van der Waals surface area contributed by atoms with Crippen molar-refractivity contribution < 1.29 is 19.8 Å². The Hall–Kier alpha value is -0.790. The van der Waals surface area contributed by atoms with Crippen molar-refractivity contribution in [3.05, 3.63) is 0 Å². The van der Waals surface area contributed by atoms with Gasteiger partial charge >= 0.3 is 11.9 Å². The number of rotatable bonds is 7. The zero-order chi connectivity index (χ0) is 12.1. The molecule has 6 N–H and O–H groups in total. The van der Waals surface area contributed by atoms with Crippen LogP contribution in [-0.4, -0.2) is 39.5 Å². The van der Waals surface area contributed by atoms with Crippen LogP contribution in [0.5, 0.6) is 0 Å². The molecule has 0 aromatic rings. The maximum Gasteiger partial charge on any atom is 0.324 e. The molecule has 2 atom stereocenters. The number of carbonyl (C=O) groups is 2. The Morgan fingerprint density at radius 3 is 2.27 bits per heavy atom. The van der Waals surface area contributed by atoms with Crippen LogP contribution in [0, 0.1) is 0 Å². The van der Waals surface area contributed by atoms with Gasteiger partial charge in [0, 0.05) is 5.75 Å². The first-order valence-electron chi connectivity index (χ1n) is 4.45. The highest BCUT2D eigenvalue weighted by atomic mass is 32.1. The van der Waals surface area contributed by atoms with Gasteiger partial charge in [-0.05, 0) is 19.3 Å². The second-order valence-corrected chi connectivity index (χ2v) is 3.77. The Balaban J connectivity index is 4.03. The van der Waals surface area contributed by atoms with Crippen LogP contribution in [0.1, 0.15) is 19.3 Å². The molecular weight excluding hydrogens is 220 g/mol. The maximum absolute atomic E-state index is 10.7. The molecule has 0 aliphatic carbocycles. The molecule has 0 heterocycles. The first kappa shape index (κ1) is 14.2. The van der Waals surface area contributed by atoms with Crippen molar-refractivity contribution in [3.8, 4) is 0 Å². The lowest BCUT2D eigenvalue weighted by Crippen LogP contribution is -2.50. The molecule has 0 spiro atoms. The monoisotopic (exact) mass is 236 g/mol. The van der Waals surface area contributed by atoms with Gasteiger partial charge in [0.1, 0.15) is 11.6 Å². The Labute approximate surface area is 93.0 Å². The summed E-state index contributed by atoms with van der Waals surface area (Å²) in [5.74, 6) is -2.23. The predicted molar refractivity (Wildman–Crippen MR) is 57.9 cm³/mol. The number of hydrogen-bond acceptors (Lipinski definition) is 5. The largest absolute Gasteiger partial charge is 0.480 e. The van der Waals surface area contributed by atoms with Gasteiger partial charge in [0.2, 0.25) is 0 Å². The van der Waals surface area contributed by atoms with Crippen molar-refractivity contribution in [1.82, 2.24) is 0 Å². The maximum atomic E-state index is 10.7. The molecule has 0 aromatic carbocycles. The van der Waals surface area contributed by atoms with Gasteiger partial charge in [-0.1, -0.05) is 0 Å². The van der Waals surface area contributed by atoms with Gasteiger partial charge in [-0.25, -0.2) is 0 Å². The summed E-state index contributed by atoms with van der Waals surface area (Å²) in [6, 6.07) is -0.969. The number of carboxylic acids is 2. The highest BCUT2D eigenvalue weighted by molar-refractivity contribution is 7.80. The Kier molecular flexibility index (Phi) is 5.63. The van der Waals surface area contributed by atoms with E-state index in [1.54, 1.807) is 0 Å². The van der Waals surface area contributed by atoms with Crippen molar-refractivity contribution in [2.24, 2.45) is 11.5 Å². The average Bonchev–Trinajstić information content (AvgIpc) is 2.16. The molecule has 0 unspecified atom stereocenters. The van der Waals surface area contributed by atoms with Gasteiger partial charge < -0.3 is 21.7 Å². The first-order chi connectivity index (χ1) is 6.83. The van der Waals surface area contributed by atoms with Crippen LogP contribution in [0.25, 0.3) is 0 Å². The fraction of sp³-hybridized carbons (Fsp3) is 0.750. The van der Waals surface area contributed by atoms with E-state index in [1.807, 2.05) is 0 Å². The molecule has 0 rings (SSSR count). The van der Waals surface area contributed by atoms with E-state index in [0.717, 1.165) is 0 Å². The van der Waals surface area contributed by atoms with Gasteiger partial charge in [0.05, 0.1) is 0 Å². The number of aliphatic carboxylic acids is 2. The molecule has 0 aliphatic rings. The third kappa shape index (κ3) is 4.50. The smallest absolute Gasteiger partial charge is 0.324 e. The number of thiol groups is 1. The van der Waals surface area contributed by atoms with Crippen LogP contribution < -0.4 is 11.5 Å². The zero-order valence-electron chi connectivity index (χ0n) is 8.22. The van der Waals surface area contributed by atoms with E-state index in [9.17, 15) is 9.59 Å². The van der Waals surface area contributed by atoms with Crippen LogP contribution in [0.3, 0.4) is 0 Å². The molecule has 7 heteroatoms. The molecule has 0 saturated heterocycles. The minimum absolute atomic E-state index is 0.00461. The van der Waals surface area contributed by atoms with Crippen LogP contribution in [-0.2, 0) is 9.59 Å². The van der Waals surface area contributed by atoms with Gasteiger partial charge in [0.25, 0.3) is 0 Å². The number of hydrogen-bond donors (Lipinski definition) is 5. The van der Waals surface area contributed by atoms with E-state index >= 15 is 0 Å². The molecule has 0 saturated carbocycles. The van der Waals surface area contributed by atoms with E-state index in [2.05, 4.69) is 12.6 Å². The number of nitrogens with two attached hydrogens (primary N) is 2. The Bertz CT molecular complexity index is 249.